The van der Waals surface area contributed by atoms with Crippen LogP contribution in [0.2, 0.25) is 0 Å². The van der Waals surface area contributed by atoms with Crippen molar-refractivity contribution in [1.82, 2.24) is 14.5 Å². The third-order valence-corrected chi connectivity index (χ3v) is 4.65. The molecule has 1 N–H and O–H groups in total. The molecule has 0 unspecified atom stereocenters. The molecule has 0 bridgehead atoms. The third-order valence-electron chi connectivity index (χ3n) is 4.65. The van der Waals surface area contributed by atoms with Crippen molar-refractivity contribution in [3.05, 3.63) is 36.7 Å². The number of rotatable bonds is 5. The Hall–Kier alpha value is -2.96. The van der Waals surface area contributed by atoms with Crippen LogP contribution in [0.5, 0.6) is 5.88 Å². The van der Waals surface area contributed by atoms with Gasteiger partial charge in [0, 0.05) is 18.1 Å². The van der Waals surface area contributed by atoms with Crippen LogP contribution in [0.3, 0.4) is 0 Å². The van der Waals surface area contributed by atoms with E-state index in [1.54, 1.807) is 25.6 Å². The van der Waals surface area contributed by atoms with Crippen molar-refractivity contribution < 1.29 is 13.9 Å². The number of pyridine rings is 2. The highest BCUT2D eigenvalue weighted by atomic mass is 19.1. The highest BCUT2D eigenvalue weighted by Gasteiger charge is 2.43. The van der Waals surface area contributed by atoms with Gasteiger partial charge in [-0.2, -0.15) is 0 Å². The van der Waals surface area contributed by atoms with E-state index in [1.807, 2.05) is 18.2 Å². The Morgan fingerprint density at radius 2 is 2.23 bits per heavy atom. The molecule has 3 heterocycles. The van der Waals surface area contributed by atoms with Crippen molar-refractivity contribution in [3.63, 3.8) is 0 Å². The summed E-state index contributed by atoms with van der Waals surface area (Å²) >= 11 is 0. The van der Waals surface area contributed by atoms with Crippen LogP contribution < -0.4 is 10.1 Å². The van der Waals surface area contributed by atoms with Gasteiger partial charge >= 0.3 is 0 Å². The van der Waals surface area contributed by atoms with E-state index >= 15 is 0 Å². The van der Waals surface area contributed by atoms with Crippen molar-refractivity contribution in [2.75, 3.05) is 12.4 Å². The van der Waals surface area contributed by atoms with Crippen LogP contribution in [0.4, 0.5) is 10.2 Å². The zero-order chi connectivity index (χ0) is 18.3. The van der Waals surface area contributed by atoms with Crippen LogP contribution in [0.25, 0.3) is 22.2 Å². The number of aryl methyl sites for hydroxylation is 1. The Morgan fingerprint density at radius 1 is 1.42 bits per heavy atom. The maximum Gasteiger partial charge on any atom is 0.231 e. The van der Waals surface area contributed by atoms with Gasteiger partial charge in [0.25, 0.3) is 0 Å². The summed E-state index contributed by atoms with van der Waals surface area (Å²) in [6.07, 6.45) is 2.68. The zero-order valence-corrected chi connectivity index (χ0v) is 14.6. The molecule has 4 rings (SSSR count). The molecule has 1 amide bonds. The van der Waals surface area contributed by atoms with E-state index in [0.717, 1.165) is 28.7 Å². The molecule has 0 aliphatic heterocycles. The van der Waals surface area contributed by atoms with Crippen molar-refractivity contribution >= 4 is 22.6 Å². The van der Waals surface area contributed by atoms with Gasteiger partial charge in [-0.3, -0.25) is 4.79 Å². The van der Waals surface area contributed by atoms with E-state index in [0.29, 0.717) is 18.1 Å². The number of nitrogens with one attached hydrogen (secondary N) is 1. The number of amides is 1. The minimum absolute atomic E-state index is 0.297. The van der Waals surface area contributed by atoms with Gasteiger partial charge in [0.05, 0.1) is 36.0 Å². The molecule has 0 saturated heterocycles. The Bertz CT molecular complexity index is 985. The highest BCUT2D eigenvalue weighted by molar-refractivity contribution is 5.96. The quantitative estimate of drug-likeness (QED) is 0.762. The zero-order valence-electron chi connectivity index (χ0n) is 14.6. The van der Waals surface area contributed by atoms with E-state index in [1.165, 1.54) is 0 Å². The van der Waals surface area contributed by atoms with Crippen molar-refractivity contribution in [3.8, 4) is 17.1 Å². The molecule has 1 aliphatic rings. The van der Waals surface area contributed by atoms with Gasteiger partial charge in [-0.25, -0.2) is 14.4 Å². The number of ether oxygens (including phenoxy) is 1. The number of carbonyl (C=O) groups excluding carboxylic acids is 1. The Balaban J connectivity index is 1.74. The van der Waals surface area contributed by atoms with Gasteiger partial charge in [-0.15, -0.1) is 0 Å². The lowest BCUT2D eigenvalue weighted by molar-refractivity contribution is -0.117. The molecule has 2 atom stereocenters. The molecule has 1 aliphatic carbocycles. The molecule has 1 fully saturated rings. The number of alkyl halides is 1. The number of aromatic nitrogens is 3. The maximum absolute atomic E-state index is 13.0. The number of carbonyl (C=O) groups is 1. The van der Waals surface area contributed by atoms with E-state index in [2.05, 4.69) is 26.8 Å². The second-order valence-electron chi connectivity index (χ2n) is 6.31. The molecule has 0 radical (unpaired) electrons. The maximum atomic E-state index is 13.0. The standard InChI is InChI=1S/C19H19FN4O2/c1-3-24-15(12-5-4-6-21-19(12)26-2)7-11-8-17(22-10-16(11)24)23-18(25)13-9-14(13)20/h4-8,10,13-14H,3,9H2,1-2H3,(H,22,23,25)/t13-,14+/m1/s1. The lowest BCUT2D eigenvalue weighted by Crippen LogP contribution is -2.15. The van der Waals surface area contributed by atoms with E-state index in [4.69, 9.17) is 4.74 Å². The van der Waals surface area contributed by atoms with Gasteiger partial charge in [0.1, 0.15) is 12.0 Å². The highest BCUT2D eigenvalue weighted by Crippen LogP contribution is 2.36. The van der Waals surface area contributed by atoms with Crippen molar-refractivity contribution in [2.45, 2.75) is 26.1 Å². The second kappa shape index (κ2) is 6.40. The van der Waals surface area contributed by atoms with Gasteiger partial charge < -0.3 is 14.6 Å². The van der Waals surface area contributed by atoms with E-state index < -0.39 is 12.1 Å². The molecule has 7 heteroatoms. The number of fused-ring (bicyclic) bond motifs is 1. The van der Waals surface area contributed by atoms with Crippen LogP contribution in [0.1, 0.15) is 13.3 Å². The molecule has 134 valence electrons. The lowest BCUT2D eigenvalue weighted by atomic mass is 10.2. The first-order chi connectivity index (χ1) is 12.6. The number of methoxy groups -OCH3 is 1. The van der Waals surface area contributed by atoms with Gasteiger partial charge in [0.2, 0.25) is 11.8 Å². The topological polar surface area (TPSA) is 69.0 Å². The summed E-state index contributed by atoms with van der Waals surface area (Å²) in [5, 5.41) is 3.63. The van der Waals surface area contributed by atoms with E-state index in [-0.39, 0.29) is 5.91 Å². The summed E-state index contributed by atoms with van der Waals surface area (Å²) in [4.78, 5) is 20.5. The van der Waals surface area contributed by atoms with Crippen LogP contribution >= 0.6 is 0 Å². The number of anilines is 1. The average Bonchev–Trinajstić information content (AvgIpc) is 3.28. The number of hydrogen-bond acceptors (Lipinski definition) is 4. The molecular formula is C19H19FN4O2. The van der Waals surface area contributed by atoms with Crippen LogP contribution in [-0.2, 0) is 11.3 Å². The number of nitrogens with zero attached hydrogens (tertiary/aromatic N) is 3. The Labute approximate surface area is 150 Å². The average molecular weight is 354 g/mol. The SMILES string of the molecule is CCn1c(-c2cccnc2OC)cc2cc(NC(=O)[C@@H]3C[C@@H]3F)ncc21. The smallest absolute Gasteiger partial charge is 0.231 e. The fraction of sp³-hybridized carbons (Fsp3) is 0.316. The predicted molar refractivity (Wildman–Crippen MR) is 96.8 cm³/mol. The molecule has 1 saturated carbocycles. The molecular weight excluding hydrogens is 335 g/mol. The number of hydrogen-bond donors (Lipinski definition) is 1. The first-order valence-electron chi connectivity index (χ1n) is 8.56. The molecule has 6 nitrogen and oxygen atoms in total. The van der Waals surface area contributed by atoms with Crippen molar-refractivity contribution in [2.24, 2.45) is 5.92 Å². The predicted octanol–water partition coefficient (Wildman–Crippen LogP) is 3.42. The van der Waals surface area contributed by atoms with Crippen LogP contribution in [0, 0.1) is 5.92 Å². The summed E-state index contributed by atoms with van der Waals surface area (Å²) in [6.45, 7) is 2.80. The normalized spacial score (nSPS) is 18.7. The summed E-state index contributed by atoms with van der Waals surface area (Å²) in [7, 11) is 1.59. The lowest BCUT2D eigenvalue weighted by Gasteiger charge is -2.10. The molecule has 0 spiro atoms. The van der Waals surface area contributed by atoms with Gasteiger partial charge in [0.15, 0.2) is 0 Å². The summed E-state index contributed by atoms with van der Waals surface area (Å²) in [5.74, 6) is 0.130. The summed E-state index contributed by atoms with van der Waals surface area (Å²) in [6, 6.07) is 7.64. The molecule has 0 aromatic carbocycles. The first-order valence-corrected chi connectivity index (χ1v) is 8.56. The summed E-state index contributed by atoms with van der Waals surface area (Å²) in [5.41, 5.74) is 2.79. The number of halogens is 1. The van der Waals surface area contributed by atoms with Gasteiger partial charge in [-0.1, -0.05) is 0 Å². The largest absolute Gasteiger partial charge is 0.481 e. The third kappa shape index (κ3) is 2.79. The molecule has 3 aromatic rings. The molecule has 26 heavy (non-hydrogen) atoms. The van der Waals surface area contributed by atoms with E-state index in [9.17, 15) is 9.18 Å². The van der Waals surface area contributed by atoms with Gasteiger partial charge in [-0.05, 0) is 37.6 Å². The Morgan fingerprint density at radius 3 is 2.92 bits per heavy atom. The summed E-state index contributed by atoms with van der Waals surface area (Å²) < 4.78 is 20.5. The molecule has 3 aromatic heterocycles. The Kier molecular flexibility index (Phi) is 4.06. The fourth-order valence-electron chi connectivity index (χ4n) is 3.19. The van der Waals surface area contributed by atoms with Crippen LogP contribution in [-0.4, -0.2) is 33.7 Å². The monoisotopic (exact) mass is 354 g/mol. The fourth-order valence-corrected chi connectivity index (χ4v) is 3.19. The van der Waals surface area contributed by atoms with Crippen molar-refractivity contribution in [1.29, 1.82) is 0 Å². The van der Waals surface area contributed by atoms with Crippen LogP contribution in [0.15, 0.2) is 36.7 Å². The minimum atomic E-state index is -1.02. The second-order valence-corrected chi connectivity index (χ2v) is 6.31. The first kappa shape index (κ1) is 16.5. The minimum Gasteiger partial charge on any atom is -0.481 e.